The standard InChI is InChI=1S/C17H23F3N6/c1-15(2,3)26(16(4,5)6)14-24-12(23-13(21)25-14)10-8-7-9-11(22-10)17(18,19)20/h7-9H,1-6H3,(H2,21,23,24,25). The molecule has 2 aromatic rings. The molecule has 2 N–H and O–H groups in total. The van der Waals surface area contributed by atoms with Crippen molar-refractivity contribution < 1.29 is 13.2 Å². The van der Waals surface area contributed by atoms with Gasteiger partial charge in [0.15, 0.2) is 5.82 Å². The summed E-state index contributed by atoms with van der Waals surface area (Å²) in [4.78, 5) is 18.1. The first kappa shape index (κ1) is 19.9. The average Bonchev–Trinajstić information content (AvgIpc) is 2.42. The maximum Gasteiger partial charge on any atom is 0.433 e. The molecule has 0 aromatic carbocycles. The number of rotatable bonds is 2. The zero-order valence-electron chi connectivity index (χ0n) is 15.7. The molecule has 26 heavy (non-hydrogen) atoms. The van der Waals surface area contributed by atoms with Gasteiger partial charge in [0.25, 0.3) is 0 Å². The molecule has 9 heteroatoms. The highest BCUT2D eigenvalue weighted by molar-refractivity contribution is 5.54. The molecule has 0 aliphatic carbocycles. The Kier molecular flexibility index (Phi) is 4.87. The quantitative estimate of drug-likeness (QED) is 0.865. The highest BCUT2D eigenvalue weighted by atomic mass is 19.4. The highest BCUT2D eigenvalue weighted by Crippen LogP contribution is 2.32. The van der Waals surface area contributed by atoms with Gasteiger partial charge < -0.3 is 10.6 Å². The molecule has 2 aromatic heterocycles. The maximum atomic E-state index is 12.9. The van der Waals surface area contributed by atoms with E-state index in [1.165, 1.54) is 12.1 Å². The number of anilines is 2. The van der Waals surface area contributed by atoms with E-state index in [2.05, 4.69) is 19.9 Å². The predicted octanol–water partition coefficient (Wildman–Crippen LogP) is 3.94. The van der Waals surface area contributed by atoms with Gasteiger partial charge in [-0.25, -0.2) is 4.98 Å². The van der Waals surface area contributed by atoms with E-state index < -0.39 is 11.9 Å². The third kappa shape index (κ3) is 4.39. The zero-order valence-corrected chi connectivity index (χ0v) is 15.7. The molecule has 6 nitrogen and oxygen atoms in total. The summed E-state index contributed by atoms with van der Waals surface area (Å²) < 4.78 is 38.8. The molecule has 0 amide bonds. The fourth-order valence-corrected chi connectivity index (χ4v) is 2.92. The Bertz CT molecular complexity index is 776. The number of pyridine rings is 1. The first-order valence-electron chi connectivity index (χ1n) is 8.06. The summed E-state index contributed by atoms with van der Waals surface area (Å²) in [5, 5.41) is 0. The van der Waals surface area contributed by atoms with E-state index in [-0.39, 0.29) is 34.5 Å². The van der Waals surface area contributed by atoms with Crippen molar-refractivity contribution in [2.75, 3.05) is 10.6 Å². The Morgan fingerprint density at radius 1 is 0.846 bits per heavy atom. The van der Waals surface area contributed by atoms with Gasteiger partial charge in [0.1, 0.15) is 11.4 Å². The fraction of sp³-hybridized carbons (Fsp3) is 0.529. The molecule has 0 radical (unpaired) electrons. The van der Waals surface area contributed by atoms with Crippen LogP contribution in [-0.2, 0) is 6.18 Å². The number of nitrogens with zero attached hydrogens (tertiary/aromatic N) is 5. The van der Waals surface area contributed by atoms with E-state index in [1.807, 2.05) is 46.4 Å². The third-order valence-electron chi connectivity index (χ3n) is 3.45. The van der Waals surface area contributed by atoms with Gasteiger partial charge in [0.2, 0.25) is 11.9 Å². The van der Waals surface area contributed by atoms with Gasteiger partial charge in [-0.05, 0) is 53.7 Å². The monoisotopic (exact) mass is 368 g/mol. The van der Waals surface area contributed by atoms with Crippen LogP contribution in [0.15, 0.2) is 18.2 Å². The zero-order chi connectivity index (χ0) is 19.9. The molecule has 0 spiro atoms. The second-order valence-electron chi connectivity index (χ2n) is 7.90. The Morgan fingerprint density at radius 2 is 1.42 bits per heavy atom. The minimum Gasteiger partial charge on any atom is -0.368 e. The Morgan fingerprint density at radius 3 is 1.92 bits per heavy atom. The van der Waals surface area contributed by atoms with Crippen molar-refractivity contribution in [3.05, 3.63) is 23.9 Å². The van der Waals surface area contributed by atoms with E-state index in [0.717, 1.165) is 6.07 Å². The maximum absolute atomic E-state index is 12.9. The van der Waals surface area contributed by atoms with Gasteiger partial charge in [-0.2, -0.15) is 28.1 Å². The van der Waals surface area contributed by atoms with Crippen molar-refractivity contribution in [2.24, 2.45) is 0 Å². The lowest BCUT2D eigenvalue weighted by Gasteiger charge is -2.45. The number of halogens is 3. The van der Waals surface area contributed by atoms with Crippen LogP contribution in [0.1, 0.15) is 47.2 Å². The second kappa shape index (κ2) is 6.37. The van der Waals surface area contributed by atoms with Gasteiger partial charge in [0.05, 0.1) is 0 Å². The minimum absolute atomic E-state index is 0.00269. The molecule has 142 valence electrons. The van der Waals surface area contributed by atoms with Crippen molar-refractivity contribution >= 4 is 11.9 Å². The molecular formula is C17H23F3N6. The molecule has 0 aliphatic heterocycles. The molecular weight excluding hydrogens is 345 g/mol. The molecule has 0 unspecified atom stereocenters. The number of aromatic nitrogens is 4. The van der Waals surface area contributed by atoms with Gasteiger partial charge >= 0.3 is 6.18 Å². The van der Waals surface area contributed by atoms with Crippen molar-refractivity contribution in [2.45, 2.75) is 58.8 Å². The predicted molar refractivity (Wildman–Crippen MR) is 94.5 cm³/mol. The van der Waals surface area contributed by atoms with E-state index in [9.17, 15) is 13.2 Å². The Labute approximate surface area is 150 Å². The van der Waals surface area contributed by atoms with Crippen LogP contribution in [0.4, 0.5) is 25.1 Å². The molecule has 2 rings (SSSR count). The average molecular weight is 368 g/mol. The van der Waals surface area contributed by atoms with E-state index in [0.29, 0.717) is 0 Å². The van der Waals surface area contributed by atoms with E-state index in [4.69, 9.17) is 5.73 Å². The summed E-state index contributed by atoms with van der Waals surface area (Å²) in [7, 11) is 0. The van der Waals surface area contributed by atoms with Crippen molar-refractivity contribution in [3.63, 3.8) is 0 Å². The molecule has 0 saturated heterocycles. The topological polar surface area (TPSA) is 80.8 Å². The number of hydrogen-bond donors (Lipinski definition) is 1. The lowest BCUT2D eigenvalue weighted by atomic mass is 9.97. The summed E-state index contributed by atoms with van der Waals surface area (Å²) in [6.45, 7) is 11.9. The number of nitrogens with two attached hydrogens (primary N) is 1. The Balaban J connectivity index is 2.61. The lowest BCUT2D eigenvalue weighted by molar-refractivity contribution is -0.141. The highest BCUT2D eigenvalue weighted by Gasteiger charge is 2.35. The number of hydrogen-bond acceptors (Lipinski definition) is 6. The molecule has 2 heterocycles. The van der Waals surface area contributed by atoms with Crippen LogP contribution in [0.25, 0.3) is 11.5 Å². The van der Waals surface area contributed by atoms with Crippen LogP contribution in [0.3, 0.4) is 0 Å². The van der Waals surface area contributed by atoms with Crippen molar-refractivity contribution in [1.29, 1.82) is 0 Å². The summed E-state index contributed by atoms with van der Waals surface area (Å²) in [6, 6.07) is 3.56. The van der Waals surface area contributed by atoms with Gasteiger partial charge in [-0.3, -0.25) is 0 Å². The van der Waals surface area contributed by atoms with E-state index in [1.54, 1.807) is 0 Å². The van der Waals surface area contributed by atoms with Crippen molar-refractivity contribution in [1.82, 2.24) is 19.9 Å². The molecule has 0 fully saturated rings. The summed E-state index contributed by atoms with van der Waals surface area (Å²) in [5.74, 6) is 0.200. The SMILES string of the molecule is CC(C)(C)N(c1nc(N)nc(-c2cccc(C(F)(F)F)n2)n1)C(C)(C)C. The second-order valence-corrected chi connectivity index (χ2v) is 7.90. The largest absolute Gasteiger partial charge is 0.433 e. The lowest BCUT2D eigenvalue weighted by Crippen LogP contribution is -2.53. The molecule has 0 atom stereocenters. The smallest absolute Gasteiger partial charge is 0.368 e. The van der Waals surface area contributed by atoms with Crippen LogP contribution in [0.5, 0.6) is 0 Å². The first-order chi connectivity index (χ1) is 11.7. The summed E-state index contributed by atoms with van der Waals surface area (Å²) >= 11 is 0. The minimum atomic E-state index is -4.56. The number of nitrogen functional groups attached to an aromatic ring is 1. The first-order valence-corrected chi connectivity index (χ1v) is 8.06. The normalized spacial score (nSPS) is 13.0. The molecule has 0 saturated carbocycles. The molecule has 0 aliphatic rings. The number of alkyl halides is 3. The van der Waals surface area contributed by atoms with Crippen LogP contribution < -0.4 is 10.6 Å². The Hall–Kier alpha value is -2.45. The summed E-state index contributed by atoms with van der Waals surface area (Å²) in [5.41, 5.74) is 4.06. The van der Waals surface area contributed by atoms with Gasteiger partial charge in [0, 0.05) is 11.1 Å². The van der Waals surface area contributed by atoms with Gasteiger partial charge in [-0.15, -0.1) is 0 Å². The van der Waals surface area contributed by atoms with Crippen LogP contribution in [0.2, 0.25) is 0 Å². The molecule has 0 bridgehead atoms. The van der Waals surface area contributed by atoms with Gasteiger partial charge in [-0.1, -0.05) is 6.07 Å². The van der Waals surface area contributed by atoms with Crippen LogP contribution >= 0.6 is 0 Å². The third-order valence-corrected chi connectivity index (χ3v) is 3.45. The van der Waals surface area contributed by atoms with Crippen LogP contribution in [0, 0.1) is 0 Å². The summed E-state index contributed by atoms with van der Waals surface area (Å²) in [6.07, 6.45) is -4.56. The fourth-order valence-electron chi connectivity index (χ4n) is 2.92. The van der Waals surface area contributed by atoms with E-state index >= 15 is 0 Å². The van der Waals surface area contributed by atoms with Crippen molar-refractivity contribution in [3.8, 4) is 11.5 Å². The van der Waals surface area contributed by atoms with Crippen LogP contribution in [-0.4, -0.2) is 31.0 Å².